The van der Waals surface area contributed by atoms with Gasteiger partial charge >= 0.3 is 18.0 Å². The Morgan fingerprint density at radius 2 is 1.94 bits per heavy atom. The molecule has 2 aromatic heterocycles. The van der Waals surface area contributed by atoms with Gasteiger partial charge in [0.2, 0.25) is 5.88 Å². The number of hydrogen-bond acceptors (Lipinski definition) is 7. The van der Waals surface area contributed by atoms with Gasteiger partial charge in [0.15, 0.2) is 0 Å². The Bertz CT molecular complexity index is 1070. The van der Waals surface area contributed by atoms with Crippen LogP contribution in [0.5, 0.6) is 0 Å². The van der Waals surface area contributed by atoms with Crippen molar-refractivity contribution in [2.24, 2.45) is 0 Å². The molecule has 2 amide bonds. The van der Waals surface area contributed by atoms with Crippen LogP contribution in [0.1, 0.15) is 41.9 Å². The molecular weight excluding hydrogens is 404 g/mol. The number of aromatic nitrogens is 1. The first-order chi connectivity index (χ1) is 14.9. The Morgan fingerprint density at radius 1 is 1.23 bits per heavy atom. The van der Waals surface area contributed by atoms with E-state index in [0.29, 0.717) is 6.42 Å². The van der Waals surface area contributed by atoms with Crippen molar-refractivity contribution in [2.45, 2.75) is 33.2 Å². The molecule has 2 N–H and O–H groups in total. The molecule has 31 heavy (non-hydrogen) atoms. The average Bonchev–Trinajstić information content (AvgIpc) is 3.38. The summed E-state index contributed by atoms with van der Waals surface area (Å²) in [6, 6.07) is 4.39. The lowest BCUT2D eigenvalue weighted by Crippen LogP contribution is -2.51. The van der Waals surface area contributed by atoms with E-state index in [1.165, 1.54) is 0 Å². The molecule has 0 aliphatic carbocycles. The van der Waals surface area contributed by atoms with Crippen molar-refractivity contribution >= 4 is 18.0 Å². The molecule has 1 aliphatic heterocycles. The van der Waals surface area contributed by atoms with Gasteiger partial charge in [-0.1, -0.05) is 6.92 Å². The van der Waals surface area contributed by atoms with E-state index in [4.69, 9.17) is 13.9 Å². The van der Waals surface area contributed by atoms with E-state index in [1.807, 2.05) is 6.07 Å². The van der Waals surface area contributed by atoms with Crippen molar-refractivity contribution in [3.63, 3.8) is 0 Å². The highest BCUT2D eigenvalue weighted by atomic mass is 16.5. The van der Waals surface area contributed by atoms with Crippen molar-refractivity contribution in [2.75, 3.05) is 13.2 Å². The molecule has 0 aromatic carbocycles. The van der Waals surface area contributed by atoms with E-state index in [0.717, 1.165) is 0 Å². The Kier molecular flexibility index (Phi) is 6.45. The predicted octanol–water partition coefficient (Wildman–Crippen LogP) is 2.32. The van der Waals surface area contributed by atoms with Crippen LogP contribution in [-0.4, -0.2) is 41.8 Å². The number of ether oxygens (including phenoxy) is 2. The van der Waals surface area contributed by atoms with Gasteiger partial charge in [-0.05, 0) is 32.4 Å². The number of nitriles is 1. The summed E-state index contributed by atoms with van der Waals surface area (Å²) in [5.41, 5.74) is 0.331. The Balaban J connectivity index is 1.89. The minimum Gasteiger partial charge on any atom is -0.463 e. The van der Waals surface area contributed by atoms with E-state index in [1.54, 1.807) is 49.9 Å². The molecule has 0 unspecified atom stereocenters. The van der Waals surface area contributed by atoms with Gasteiger partial charge in [0, 0.05) is 12.4 Å². The fraction of sp³-hybridized carbons (Fsp3) is 0.333. The van der Waals surface area contributed by atoms with Gasteiger partial charge in [0.25, 0.3) is 0 Å². The SMILES string of the molecule is CCOC(=O)C1=C(COC(=O)c2c(C)oc(-n3cccc3)c2C#N)NC(=O)N[C@H]1CC. The maximum absolute atomic E-state index is 12.8. The third kappa shape index (κ3) is 4.30. The smallest absolute Gasteiger partial charge is 0.343 e. The zero-order valence-electron chi connectivity index (χ0n) is 17.4. The Morgan fingerprint density at radius 3 is 2.55 bits per heavy atom. The molecule has 0 spiro atoms. The summed E-state index contributed by atoms with van der Waals surface area (Å²) in [7, 11) is 0. The summed E-state index contributed by atoms with van der Waals surface area (Å²) in [5, 5.41) is 14.7. The number of aryl methyl sites for hydroxylation is 1. The standard InChI is InChI=1S/C21H22N4O6/c1-4-14-17(20(27)29-5-2)15(24-21(28)23-14)11-30-19(26)16-12(3)31-18(13(16)10-22)25-8-6-7-9-25/h6-9,14H,4-5,11H2,1-3H3,(H2,23,24,28)/t14-/m0/s1. The van der Waals surface area contributed by atoms with Crippen molar-refractivity contribution in [3.05, 3.63) is 52.7 Å². The second kappa shape index (κ2) is 9.21. The molecule has 3 rings (SSSR count). The van der Waals surface area contributed by atoms with Crippen LogP contribution in [0.2, 0.25) is 0 Å². The molecule has 162 valence electrons. The molecule has 0 radical (unpaired) electrons. The van der Waals surface area contributed by atoms with Crippen LogP contribution in [0.25, 0.3) is 5.88 Å². The minimum absolute atomic E-state index is 0.0169. The van der Waals surface area contributed by atoms with Gasteiger partial charge in [-0.2, -0.15) is 5.26 Å². The Hall–Kier alpha value is -4.00. The van der Waals surface area contributed by atoms with Gasteiger partial charge in [-0.15, -0.1) is 0 Å². The molecule has 10 heteroatoms. The number of esters is 2. The molecule has 0 saturated heterocycles. The molecule has 1 aliphatic rings. The number of nitrogens with one attached hydrogen (secondary N) is 2. The molecule has 1 atom stereocenters. The van der Waals surface area contributed by atoms with Crippen LogP contribution in [0.3, 0.4) is 0 Å². The first-order valence-electron chi connectivity index (χ1n) is 9.72. The van der Waals surface area contributed by atoms with E-state index < -0.39 is 24.0 Å². The lowest BCUT2D eigenvalue weighted by Gasteiger charge is -2.28. The van der Waals surface area contributed by atoms with Crippen LogP contribution in [0.4, 0.5) is 4.79 Å². The maximum atomic E-state index is 12.8. The fourth-order valence-corrected chi connectivity index (χ4v) is 3.32. The second-order valence-electron chi connectivity index (χ2n) is 6.66. The highest BCUT2D eigenvalue weighted by Crippen LogP contribution is 2.26. The number of furan rings is 1. The monoisotopic (exact) mass is 426 g/mol. The molecule has 3 heterocycles. The normalized spacial score (nSPS) is 15.7. The lowest BCUT2D eigenvalue weighted by atomic mass is 10.0. The van der Waals surface area contributed by atoms with Crippen molar-refractivity contribution in [3.8, 4) is 12.0 Å². The average molecular weight is 426 g/mol. The topological polar surface area (TPSA) is 136 Å². The molecule has 10 nitrogen and oxygen atoms in total. The summed E-state index contributed by atoms with van der Waals surface area (Å²) in [5.74, 6) is -1.01. The molecule has 0 bridgehead atoms. The summed E-state index contributed by atoms with van der Waals surface area (Å²) < 4.78 is 17.6. The first-order valence-corrected chi connectivity index (χ1v) is 9.72. The van der Waals surface area contributed by atoms with Crippen LogP contribution in [-0.2, 0) is 14.3 Å². The van der Waals surface area contributed by atoms with Crippen molar-refractivity contribution < 1.29 is 28.3 Å². The van der Waals surface area contributed by atoms with E-state index in [9.17, 15) is 19.6 Å². The summed E-state index contributed by atoms with van der Waals surface area (Å²) >= 11 is 0. The predicted molar refractivity (Wildman–Crippen MR) is 107 cm³/mol. The number of rotatable bonds is 7. The largest absolute Gasteiger partial charge is 0.463 e. The molecule has 0 saturated carbocycles. The van der Waals surface area contributed by atoms with Gasteiger partial charge in [0.1, 0.15) is 29.6 Å². The fourth-order valence-electron chi connectivity index (χ4n) is 3.32. The number of nitrogens with zero attached hydrogens (tertiary/aromatic N) is 2. The zero-order chi connectivity index (χ0) is 22.5. The summed E-state index contributed by atoms with van der Waals surface area (Å²) in [6.45, 7) is 4.79. The third-order valence-electron chi connectivity index (χ3n) is 4.72. The number of hydrogen-bond donors (Lipinski definition) is 2. The van der Waals surface area contributed by atoms with E-state index in [-0.39, 0.29) is 47.3 Å². The van der Waals surface area contributed by atoms with E-state index >= 15 is 0 Å². The number of carbonyl (C=O) groups excluding carboxylic acids is 3. The zero-order valence-corrected chi connectivity index (χ0v) is 17.4. The summed E-state index contributed by atoms with van der Waals surface area (Å²) in [4.78, 5) is 37.2. The minimum atomic E-state index is -0.812. The molecule has 0 fully saturated rings. The van der Waals surface area contributed by atoms with Crippen LogP contribution < -0.4 is 10.6 Å². The highest BCUT2D eigenvalue weighted by molar-refractivity contribution is 5.96. The van der Waals surface area contributed by atoms with Crippen molar-refractivity contribution in [1.82, 2.24) is 15.2 Å². The highest BCUT2D eigenvalue weighted by Gasteiger charge is 2.33. The van der Waals surface area contributed by atoms with Crippen LogP contribution >= 0.6 is 0 Å². The second-order valence-corrected chi connectivity index (χ2v) is 6.66. The first kappa shape index (κ1) is 21.7. The van der Waals surface area contributed by atoms with Crippen molar-refractivity contribution in [1.29, 1.82) is 5.26 Å². The summed E-state index contributed by atoms with van der Waals surface area (Å²) in [6.07, 6.45) is 3.80. The Labute approximate surface area is 178 Å². The quantitative estimate of drug-likeness (QED) is 0.649. The van der Waals surface area contributed by atoms with Crippen LogP contribution in [0.15, 0.2) is 40.2 Å². The maximum Gasteiger partial charge on any atom is 0.343 e. The lowest BCUT2D eigenvalue weighted by molar-refractivity contribution is -0.139. The van der Waals surface area contributed by atoms with Gasteiger partial charge in [0.05, 0.1) is 23.9 Å². The van der Waals surface area contributed by atoms with E-state index in [2.05, 4.69) is 10.6 Å². The third-order valence-corrected chi connectivity index (χ3v) is 4.72. The van der Waals surface area contributed by atoms with Crippen LogP contribution in [0, 0.1) is 18.3 Å². The molecular formula is C21H22N4O6. The van der Waals surface area contributed by atoms with Gasteiger partial charge in [-0.25, -0.2) is 14.4 Å². The van der Waals surface area contributed by atoms with Gasteiger partial charge < -0.3 is 24.5 Å². The molecule has 2 aromatic rings. The number of urea groups is 1. The number of carbonyl (C=O) groups is 3. The number of amides is 2. The van der Waals surface area contributed by atoms with Gasteiger partial charge in [-0.3, -0.25) is 4.57 Å².